The number of aromatic nitrogens is 2. The third-order valence-electron chi connectivity index (χ3n) is 4.86. The van der Waals surface area contributed by atoms with Gasteiger partial charge in [0.05, 0.1) is 25.5 Å². The number of aryl methyl sites for hydroxylation is 1. The number of carbonyl (C=O) groups excluding carboxylic acids is 1. The van der Waals surface area contributed by atoms with Crippen LogP contribution in [-0.4, -0.2) is 28.2 Å². The van der Waals surface area contributed by atoms with E-state index in [4.69, 9.17) is 21.1 Å². The summed E-state index contributed by atoms with van der Waals surface area (Å²) in [6.45, 7) is 8.07. The summed E-state index contributed by atoms with van der Waals surface area (Å²) in [6.07, 6.45) is 2.10. The average Bonchev–Trinajstić information content (AvgIpc) is 2.78. The van der Waals surface area contributed by atoms with Gasteiger partial charge in [-0.3, -0.25) is 9.36 Å². The molecule has 0 amide bonds. The first-order valence-corrected chi connectivity index (χ1v) is 11.3. The van der Waals surface area contributed by atoms with E-state index in [-0.39, 0.29) is 24.8 Å². The van der Waals surface area contributed by atoms with Crippen molar-refractivity contribution < 1.29 is 14.3 Å². The lowest BCUT2D eigenvalue weighted by Crippen LogP contribution is -2.30. The maximum absolute atomic E-state index is 13.2. The molecule has 0 spiro atoms. The number of hydrogen-bond donors (Lipinski definition) is 1. The van der Waals surface area contributed by atoms with Crippen LogP contribution in [0.2, 0.25) is 5.02 Å². The Bertz CT molecular complexity index is 1170. The highest BCUT2D eigenvalue weighted by Gasteiger charge is 2.18. The Morgan fingerprint density at radius 2 is 1.88 bits per heavy atom. The zero-order valence-corrected chi connectivity index (χ0v) is 20.0. The van der Waals surface area contributed by atoms with Crippen molar-refractivity contribution in [1.82, 2.24) is 9.55 Å². The normalized spacial score (nSPS) is 10.8. The molecule has 0 radical (unpaired) electrons. The lowest BCUT2D eigenvalue weighted by atomic mass is 10.1. The first-order chi connectivity index (χ1) is 15.8. The van der Waals surface area contributed by atoms with E-state index < -0.39 is 11.5 Å². The molecule has 1 N–H and O–H groups in total. The molecule has 0 fully saturated rings. The van der Waals surface area contributed by atoms with Crippen molar-refractivity contribution in [1.29, 1.82) is 0 Å². The van der Waals surface area contributed by atoms with Gasteiger partial charge < -0.3 is 14.8 Å². The van der Waals surface area contributed by atoms with Gasteiger partial charge in [0, 0.05) is 10.7 Å². The summed E-state index contributed by atoms with van der Waals surface area (Å²) in [6, 6.07) is 12.9. The van der Waals surface area contributed by atoms with Gasteiger partial charge in [-0.25, -0.2) is 9.78 Å². The highest BCUT2D eigenvalue weighted by atomic mass is 35.5. The van der Waals surface area contributed by atoms with Crippen LogP contribution in [0, 0.1) is 0 Å². The number of ether oxygens (including phenoxy) is 2. The maximum atomic E-state index is 13.2. The van der Waals surface area contributed by atoms with Gasteiger partial charge in [-0.2, -0.15) is 0 Å². The molecule has 8 heteroatoms. The van der Waals surface area contributed by atoms with Gasteiger partial charge in [-0.1, -0.05) is 30.7 Å². The molecule has 174 valence electrons. The fourth-order valence-corrected chi connectivity index (χ4v) is 3.42. The van der Waals surface area contributed by atoms with E-state index in [9.17, 15) is 9.59 Å². The monoisotopic (exact) mass is 469 g/mol. The van der Waals surface area contributed by atoms with Gasteiger partial charge in [0.15, 0.2) is 0 Å². The summed E-state index contributed by atoms with van der Waals surface area (Å²) in [4.78, 5) is 29.8. The minimum Gasteiger partial charge on any atom is -0.491 e. The van der Waals surface area contributed by atoms with Crippen molar-refractivity contribution in [2.75, 3.05) is 11.9 Å². The van der Waals surface area contributed by atoms with Crippen LogP contribution in [0.3, 0.4) is 0 Å². The molecule has 0 aliphatic rings. The number of anilines is 2. The van der Waals surface area contributed by atoms with E-state index >= 15 is 0 Å². The number of carbonyl (C=O) groups is 1. The topological polar surface area (TPSA) is 82.4 Å². The van der Waals surface area contributed by atoms with E-state index in [0.717, 1.165) is 29.0 Å². The van der Waals surface area contributed by atoms with Gasteiger partial charge in [0.1, 0.15) is 11.3 Å². The zero-order valence-electron chi connectivity index (χ0n) is 19.2. The minimum absolute atomic E-state index is 0.0655. The summed E-state index contributed by atoms with van der Waals surface area (Å²) < 4.78 is 12.3. The second-order valence-electron chi connectivity index (χ2n) is 7.70. The van der Waals surface area contributed by atoms with Crippen LogP contribution in [0.4, 0.5) is 11.6 Å². The zero-order chi connectivity index (χ0) is 24.0. The highest BCUT2D eigenvalue weighted by molar-refractivity contribution is 6.30. The Hall–Kier alpha value is -3.32. The number of esters is 1. The molecule has 2 aromatic carbocycles. The lowest BCUT2D eigenvalue weighted by Gasteiger charge is -2.17. The van der Waals surface area contributed by atoms with Crippen LogP contribution < -0.4 is 15.6 Å². The average molecular weight is 470 g/mol. The molecule has 7 nitrogen and oxygen atoms in total. The molecule has 0 aliphatic carbocycles. The van der Waals surface area contributed by atoms with E-state index in [1.165, 1.54) is 10.8 Å². The molecule has 0 aliphatic heterocycles. The first-order valence-electron chi connectivity index (χ1n) is 10.9. The van der Waals surface area contributed by atoms with Crippen molar-refractivity contribution >= 4 is 29.2 Å². The third-order valence-corrected chi connectivity index (χ3v) is 5.11. The number of nitrogens with zero attached hydrogens (tertiary/aromatic N) is 2. The van der Waals surface area contributed by atoms with E-state index in [0.29, 0.717) is 11.0 Å². The fourth-order valence-electron chi connectivity index (χ4n) is 3.29. The van der Waals surface area contributed by atoms with Crippen LogP contribution in [0.1, 0.15) is 49.2 Å². The summed E-state index contributed by atoms with van der Waals surface area (Å²) in [5.41, 5.74) is 2.01. The van der Waals surface area contributed by atoms with Gasteiger partial charge in [0.2, 0.25) is 5.95 Å². The lowest BCUT2D eigenvalue weighted by molar-refractivity contribution is 0.0523. The Morgan fingerprint density at radius 1 is 1.15 bits per heavy atom. The van der Waals surface area contributed by atoms with Gasteiger partial charge >= 0.3 is 5.97 Å². The second kappa shape index (κ2) is 11.0. The number of benzene rings is 2. The molecular formula is C25H28ClN3O4. The Labute approximate surface area is 198 Å². The Kier molecular flexibility index (Phi) is 8.11. The fraction of sp³-hybridized carbons (Fsp3) is 0.320. The molecule has 0 atom stereocenters. The predicted molar refractivity (Wildman–Crippen MR) is 130 cm³/mol. The first kappa shape index (κ1) is 24.3. The molecule has 33 heavy (non-hydrogen) atoms. The van der Waals surface area contributed by atoms with Crippen molar-refractivity contribution in [3.63, 3.8) is 0 Å². The molecule has 1 aromatic heterocycles. The predicted octanol–water partition coefficient (Wildman–Crippen LogP) is 5.21. The SMILES string of the molecule is CCOC(=O)c1cnc(Nc2ccc(OC(C)C)c(CC)c2)n(Cc2ccc(Cl)cc2)c1=O. The van der Waals surface area contributed by atoms with Crippen molar-refractivity contribution in [3.8, 4) is 5.75 Å². The quantitative estimate of drug-likeness (QED) is 0.433. The largest absolute Gasteiger partial charge is 0.491 e. The second-order valence-corrected chi connectivity index (χ2v) is 8.14. The minimum atomic E-state index is -0.699. The van der Waals surface area contributed by atoms with Crippen molar-refractivity contribution in [2.45, 2.75) is 46.8 Å². The standard InChI is InChI=1S/C25H28ClN3O4/c1-5-18-13-20(11-12-22(18)33-16(3)4)28-25-27-14-21(24(31)32-6-2)23(30)29(25)15-17-7-9-19(26)10-8-17/h7-14,16H,5-6,15H2,1-4H3,(H,27,28). The van der Waals surface area contributed by atoms with Crippen molar-refractivity contribution in [2.24, 2.45) is 0 Å². The number of rotatable bonds is 9. The Balaban J connectivity index is 2.01. The molecular weight excluding hydrogens is 442 g/mol. The van der Waals surface area contributed by atoms with E-state index in [2.05, 4.69) is 17.2 Å². The summed E-state index contributed by atoms with van der Waals surface area (Å²) in [5, 5.41) is 3.81. The van der Waals surface area contributed by atoms with Gasteiger partial charge in [-0.05, 0) is 68.7 Å². The summed E-state index contributed by atoms with van der Waals surface area (Å²) in [5.74, 6) is 0.430. The maximum Gasteiger partial charge on any atom is 0.345 e. The van der Waals surface area contributed by atoms with E-state index in [1.54, 1.807) is 19.1 Å². The smallest absolute Gasteiger partial charge is 0.345 e. The third kappa shape index (κ3) is 6.14. The highest BCUT2D eigenvalue weighted by Crippen LogP contribution is 2.26. The molecule has 0 bridgehead atoms. The number of hydrogen-bond acceptors (Lipinski definition) is 6. The molecule has 0 saturated heterocycles. The molecule has 0 unspecified atom stereocenters. The molecule has 3 aromatic rings. The summed E-state index contributed by atoms with van der Waals surface area (Å²) >= 11 is 5.99. The number of nitrogens with one attached hydrogen (secondary N) is 1. The van der Waals surface area contributed by atoms with Gasteiger partial charge in [0.25, 0.3) is 5.56 Å². The Morgan fingerprint density at radius 3 is 2.52 bits per heavy atom. The van der Waals surface area contributed by atoms with Crippen LogP contribution >= 0.6 is 11.6 Å². The van der Waals surface area contributed by atoms with E-state index in [1.807, 2.05) is 44.2 Å². The number of halogens is 1. The van der Waals surface area contributed by atoms with Crippen LogP contribution in [-0.2, 0) is 17.7 Å². The molecule has 0 saturated carbocycles. The van der Waals surface area contributed by atoms with Crippen LogP contribution in [0.25, 0.3) is 0 Å². The molecule has 3 rings (SSSR count). The van der Waals surface area contributed by atoms with Crippen molar-refractivity contribution in [3.05, 3.63) is 80.7 Å². The van der Waals surface area contributed by atoms with Gasteiger partial charge in [-0.15, -0.1) is 0 Å². The summed E-state index contributed by atoms with van der Waals surface area (Å²) in [7, 11) is 0. The van der Waals surface area contributed by atoms with Crippen LogP contribution in [0.5, 0.6) is 5.75 Å². The van der Waals surface area contributed by atoms with Crippen LogP contribution in [0.15, 0.2) is 53.5 Å². The molecule has 1 heterocycles.